The number of rotatable bonds is 5. The molecule has 1 N–H and O–H groups in total. The molecule has 0 spiro atoms. The lowest BCUT2D eigenvalue weighted by Gasteiger charge is -2.16. The summed E-state index contributed by atoms with van der Waals surface area (Å²) >= 11 is 2.21. The lowest BCUT2D eigenvalue weighted by Crippen LogP contribution is -2.43. The lowest BCUT2D eigenvalue weighted by molar-refractivity contribution is -0.142. The molecule has 1 aromatic heterocycles. The fourth-order valence-corrected chi connectivity index (χ4v) is 2.30. The van der Waals surface area contributed by atoms with E-state index in [1.165, 1.54) is 19.5 Å². The van der Waals surface area contributed by atoms with E-state index in [0.29, 0.717) is 12.0 Å². The molecular weight excluding hydrogens is 395 g/mol. The first kappa shape index (κ1) is 16.4. The predicted molar refractivity (Wildman–Crippen MR) is 90.4 cm³/mol. The van der Waals surface area contributed by atoms with E-state index in [0.717, 1.165) is 9.13 Å². The zero-order chi connectivity index (χ0) is 15.9. The Kier molecular flexibility index (Phi) is 5.88. The molecular formula is C16H15IN2O3. The second-order valence-electron chi connectivity index (χ2n) is 4.62. The zero-order valence-electron chi connectivity index (χ0n) is 12.0. The molecule has 0 fully saturated rings. The number of amides is 1. The highest BCUT2D eigenvalue weighted by Crippen LogP contribution is 2.10. The molecule has 5 nitrogen and oxygen atoms in total. The van der Waals surface area contributed by atoms with E-state index in [4.69, 9.17) is 4.74 Å². The Morgan fingerprint density at radius 2 is 1.82 bits per heavy atom. The van der Waals surface area contributed by atoms with Gasteiger partial charge >= 0.3 is 5.97 Å². The fraction of sp³-hybridized carbons (Fsp3) is 0.188. The van der Waals surface area contributed by atoms with Gasteiger partial charge in [0.15, 0.2) is 0 Å². The van der Waals surface area contributed by atoms with Gasteiger partial charge in [-0.1, -0.05) is 12.1 Å². The van der Waals surface area contributed by atoms with E-state index in [9.17, 15) is 9.59 Å². The van der Waals surface area contributed by atoms with Gasteiger partial charge in [-0.3, -0.25) is 9.78 Å². The van der Waals surface area contributed by atoms with Crippen LogP contribution in [-0.4, -0.2) is 30.0 Å². The normalized spacial score (nSPS) is 11.5. The van der Waals surface area contributed by atoms with Crippen molar-refractivity contribution in [3.05, 3.63) is 63.5 Å². The van der Waals surface area contributed by atoms with Crippen molar-refractivity contribution in [2.45, 2.75) is 12.5 Å². The van der Waals surface area contributed by atoms with Crippen LogP contribution in [0.15, 0.2) is 48.8 Å². The predicted octanol–water partition coefficient (Wildman–Crippen LogP) is 2.20. The summed E-state index contributed by atoms with van der Waals surface area (Å²) in [4.78, 5) is 27.9. The number of aromatic nitrogens is 1. The zero-order valence-corrected chi connectivity index (χ0v) is 14.1. The van der Waals surface area contributed by atoms with Crippen LogP contribution in [0, 0.1) is 3.57 Å². The van der Waals surface area contributed by atoms with Gasteiger partial charge < -0.3 is 10.1 Å². The molecule has 0 saturated carbocycles. The Morgan fingerprint density at radius 1 is 1.18 bits per heavy atom. The van der Waals surface area contributed by atoms with Crippen molar-refractivity contribution in [2.24, 2.45) is 0 Å². The first-order chi connectivity index (χ1) is 10.6. The molecule has 1 atom stereocenters. The van der Waals surface area contributed by atoms with Crippen LogP contribution in [0.4, 0.5) is 0 Å². The van der Waals surface area contributed by atoms with E-state index in [1.807, 2.05) is 24.3 Å². The highest BCUT2D eigenvalue weighted by Gasteiger charge is 2.22. The Hall–Kier alpha value is -1.96. The minimum atomic E-state index is -0.731. The molecule has 0 aliphatic heterocycles. The second kappa shape index (κ2) is 7.88. The third-order valence-corrected chi connectivity index (χ3v) is 3.81. The largest absolute Gasteiger partial charge is 0.467 e. The van der Waals surface area contributed by atoms with Crippen LogP contribution in [0.2, 0.25) is 0 Å². The molecule has 2 aromatic rings. The summed E-state index contributed by atoms with van der Waals surface area (Å²) in [5, 5.41) is 2.70. The molecule has 0 radical (unpaired) electrons. The van der Waals surface area contributed by atoms with Gasteiger partial charge in [-0.25, -0.2) is 4.79 Å². The molecule has 0 aliphatic rings. The summed E-state index contributed by atoms with van der Waals surface area (Å²) in [6.45, 7) is 0. The van der Waals surface area contributed by atoms with Crippen LogP contribution in [0.25, 0.3) is 0 Å². The van der Waals surface area contributed by atoms with Crippen molar-refractivity contribution in [2.75, 3.05) is 7.11 Å². The number of nitrogens with one attached hydrogen (secondary N) is 1. The number of ether oxygens (including phenoxy) is 1. The summed E-state index contributed by atoms with van der Waals surface area (Å²) in [6.07, 6.45) is 3.43. The SMILES string of the molecule is COC(=O)[C@H](Cc1ccc(I)cc1)NC(=O)c1ccncc1. The minimum Gasteiger partial charge on any atom is -0.467 e. The van der Waals surface area contributed by atoms with Gasteiger partial charge in [-0.15, -0.1) is 0 Å². The summed E-state index contributed by atoms with van der Waals surface area (Å²) in [5.74, 6) is -0.802. The van der Waals surface area contributed by atoms with Crippen molar-refractivity contribution in [3.8, 4) is 0 Å². The van der Waals surface area contributed by atoms with Crippen LogP contribution < -0.4 is 5.32 Å². The number of carbonyl (C=O) groups is 2. The molecule has 0 saturated heterocycles. The molecule has 0 bridgehead atoms. The first-order valence-corrected chi connectivity index (χ1v) is 7.71. The smallest absolute Gasteiger partial charge is 0.328 e. The van der Waals surface area contributed by atoms with E-state index >= 15 is 0 Å². The third-order valence-electron chi connectivity index (χ3n) is 3.09. The Balaban J connectivity index is 2.11. The summed E-state index contributed by atoms with van der Waals surface area (Å²) < 4.78 is 5.89. The molecule has 1 aromatic carbocycles. The number of halogens is 1. The number of hydrogen-bond donors (Lipinski definition) is 1. The number of pyridine rings is 1. The molecule has 6 heteroatoms. The highest BCUT2D eigenvalue weighted by molar-refractivity contribution is 14.1. The number of benzene rings is 1. The van der Waals surface area contributed by atoms with Gasteiger partial charge in [-0.2, -0.15) is 0 Å². The first-order valence-electron chi connectivity index (χ1n) is 6.63. The average molecular weight is 410 g/mol. The second-order valence-corrected chi connectivity index (χ2v) is 5.86. The summed E-state index contributed by atoms with van der Waals surface area (Å²) in [5.41, 5.74) is 1.40. The molecule has 1 heterocycles. The lowest BCUT2D eigenvalue weighted by atomic mass is 10.1. The van der Waals surface area contributed by atoms with Gasteiger partial charge in [0.25, 0.3) is 5.91 Å². The van der Waals surface area contributed by atoms with E-state index < -0.39 is 12.0 Å². The van der Waals surface area contributed by atoms with Crippen LogP contribution in [0.3, 0.4) is 0 Å². The molecule has 1 amide bonds. The van der Waals surface area contributed by atoms with Crippen LogP contribution in [0.1, 0.15) is 15.9 Å². The van der Waals surface area contributed by atoms with Crippen molar-refractivity contribution >= 4 is 34.5 Å². The van der Waals surface area contributed by atoms with E-state index in [1.54, 1.807) is 12.1 Å². The van der Waals surface area contributed by atoms with Gasteiger partial charge in [-0.05, 0) is 52.4 Å². The quantitative estimate of drug-likeness (QED) is 0.607. The van der Waals surface area contributed by atoms with Crippen molar-refractivity contribution in [1.82, 2.24) is 10.3 Å². The monoisotopic (exact) mass is 410 g/mol. The number of esters is 1. The van der Waals surface area contributed by atoms with Crippen molar-refractivity contribution in [3.63, 3.8) is 0 Å². The number of methoxy groups -OCH3 is 1. The van der Waals surface area contributed by atoms with Gasteiger partial charge in [0, 0.05) is 27.9 Å². The van der Waals surface area contributed by atoms with E-state index in [2.05, 4.69) is 32.9 Å². The maximum atomic E-state index is 12.2. The van der Waals surface area contributed by atoms with E-state index in [-0.39, 0.29) is 5.91 Å². The van der Waals surface area contributed by atoms with Crippen LogP contribution in [-0.2, 0) is 16.0 Å². The van der Waals surface area contributed by atoms with Crippen LogP contribution in [0.5, 0.6) is 0 Å². The van der Waals surface area contributed by atoms with Crippen molar-refractivity contribution in [1.29, 1.82) is 0 Å². The Labute approximate surface area is 142 Å². The maximum absolute atomic E-state index is 12.2. The molecule has 22 heavy (non-hydrogen) atoms. The number of hydrogen-bond acceptors (Lipinski definition) is 4. The van der Waals surface area contributed by atoms with Crippen molar-refractivity contribution < 1.29 is 14.3 Å². The Morgan fingerprint density at radius 3 is 2.41 bits per heavy atom. The molecule has 0 unspecified atom stereocenters. The average Bonchev–Trinajstić information content (AvgIpc) is 2.56. The Bertz CT molecular complexity index is 644. The number of carbonyl (C=O) groups excluding carboxylic acids is 2. The summed E-state index contributed by atoms with van der Waals surface area (Å²) in [7, 11) is 1.31. The fourth-order valence-electron chi connectivity index (χ4n) is 1.94. The maximum Gasteiger partial charge on any atom is 0.328 e. The van der Waals surface area contributed by atoms with Gasteiger partial charge in [0.05, 0.1) is 7.11 Å². The molecule has 2 rings (SSSR count). The van der Waals surface area contributed by atoms with Crippen LogP contribution >= 0.6 is 22.6 Å². The molecule has 114 valence electrons. The van der Waals surface area contributed by atoms with Gasteiger partial charge in [0.2, 0.25) is 0 Å². The standard InChI is InChI=1S/C16H15IN2O3/c1-22-16(21)14(10-11-2-4-13(17)5-3-11)19-15(20)12-6-8-18-9-7-12/h2-9,14H,10H2,1H3,(H,19,20)/t14-/m0/s1. The molecule has 0 aliphatic carbocycles. The number of nitrogens with zero attached hydrogens (tertiary/aromatic N) is 1. The summed E-state index contributed by atoms with van der Waals surface area (Å²) in [6, 6.07) is 10.2. The van der Waals surface area contributed by atoms with Gasteiger partial charge in [0.1, 0.15) is 6.04 Å². The minimum absolute atomic E-state index is 0.330. The third kappa shape index (κ3) is 4.52. The topological polar surface area (TPSA) is 68.3 Å². The highest BCUT2D eigenvalue weighted by atomic mass is 127.